The van der Waals surface area contributed by atoms with Crippen molar-refractivity contribution in [3.8, 4) is 11.1 Å². The third-order valence-electron chi connectivity index (χ3n) is 6.85. The first-order chi connectivity index (χ1) is 15.7. The lowest BCUT2D eigenvalue weighted by Crippen LogP contribution is -2.49. The zero-order chi connectivity index (χ0) is 22.2. The van der Waals surface area contributed by atoms with Crippen molar-refractivity contribution in [2.24, 2.45) is 5.92 Å². The molecule has 5 heteroatoms. The Hall–Kier alpha value is -2.66. The Bertz CT molecular complexity index is 885. The predicted octanol–water partition coefficient (Wildman–Crippen LogP) is 4.80. The molecule has 1 saturated heterocycles. The second-order valence-electron chi connectivity index (χ2n) is 9.14. The van der Waals surface area contributed by atoms with Crippen LogP contribution in [0.25, 0.3) is 11.1 Å². The molecule has 32 heavy (non-hydrogen) atoms. The Morgan fingerprint density at radius 2 is 1.53 bits per heavy atom. The van der Waals surface area contributed by atoms with Crippen LogP contribution in [0.15, 0.2) is 54.6 Å². The molecule has 1 N–H and O–H groups in total. The molecule has 2 fully saturated rings. The Labute approximate surface area is 191 Å². The first kappa shape index (κ1) is 22.5. The Morgan fingerprint density at radius 1 is 0.844 bits per heavy atom. The van der Waals surface area contributed by atoms with Gasteiger partial charge in [-0.25, -0.2) is 0 Å². The minimum Gasteiger partial charge on any atom is -0.340 e. The van der Waals surface area contributed by atoms with E-state index in [9.17, 15) is 9.59 Å². The third kappa shape index (κ3) is 6.19. The summed E-state index contributed by atoms with van der Waals surface area (Å²) in [6.07, 6.45) is 7.51. The van der Waals surface area contributed by atoms with Crippen LogP contribution in [0.5, 0.6) is 0 Å². The number of nitrogens with zero attached hydrogens (tertiary/aromatic N) is 2. The lowest BCUT2D eigenvalue weighted by molar-refractivity contribution is -0.134. The van der Waals surface area contributed by atoms with Crippen LogP contribution in [-0.2, 0) is 9.59 Å². The van der Waals surface area contributed by atoms with Crippen LogP contribution in [0.1, 0.15) is 44.9 Å². The highest BCUT2D eigenvalue weighted by atomic mass is 16.2. The van der Waals surface area contributed by atoms with Gasteiger partial charge in [-0.05, 0) is 30.4 Å². The number of carbonyl (C=O) groups is 2. The summed E-state index contributed by atoms with van der Waals surface area (Å²) in [5.41, 5.74) is 2.98. The highest BCUT2D eigenvalue weighted by Crippen LogP contribution is 2.28. The molecule has 2 amide bonds. The molecule has 0 bridgehead atoms. The van der Waals surface area contributed by atoms with Crippen LogP contribution < -0.4 is 5.32 Å². The summed E-state index contributed by atoms with van der Waals surface area (Å²) in [4.78, 5) is 29.6. The molecular weight excluding hydrogens is 398 g/mol. The van der Waals surface area contributed by atoms with E-state index in [-0.39, 0.29) is 5.91 Å². The van der Waals surface area contributed by atoms with E-state index in [0.29, 0.717) is 18.2 Å². The standard InChI is InChI=1S/C27H35N3O2/c31-26(28-25-14-8-7-13-24(25)23-11-5-2-6-12-23)15-16-29-17-19-30(20-18-29)27(32)21-22-9-3-1-4-10-22/h2,5-8,11-14,22H,1,3-4,9-10,15-21H2,(H,28,31). The van der Waals surface area contributed by atoms with Crippen molar-refractivity contribution >= 4 is 17.5 Å². The molecule has 2 aliphatic rings. The van der Waals surface area contributed by atoms with Crippen molar-refractivity contribution in [2.45, 2.75) is 44.9 Å². The van der Waals surface area contributed by atoms with Gasteiger partial charge in [-0.3, -0.25) is 14.5 Å². The molecule has 5 nitrogen and oxygen atoms in total. The molecule has 1 heterocycles. The van der Waals surface area contributed by atoms with Crippen molar-refractivity contribution in [3.63, 3.8) is 0 Å². The zero-order valence-corrected chi connectivity index (χ0v) is 19.0. The third-order valence-corrected chi connectivity index (χ3v) is 6.85. The van der Waals surface area contributed by atoms with Crippen LogP contribution in [0.4, 0.5) is 5.69 Å². The molecule has 0 aromatic heterocycles. The summed E-state index contributed by atoms with van der Waals surface area (Å²) >= 11 is 0. The average molecular weight is 434 g/mol. The SMILES string of the molecule is O=C(CCN1CCN(C(=O)CC2CCCCC2)CC1)Nc1ccccc1-c1ccccc1. The molecular formula is C27H35N3O2. The van der Waals surface area contributed by atoms with Gasteiger partial charge in [0.25, 0.3) is 0 Å². The quantitative estimate of drug-likeness (QED) is 0.683. The molecule has 1 aliphatic heterocycles. The monoisotopic (exact) mass is 433 g/mol. The van der Waals surface area contributed by atoms with Gasteiger partial charge in [0.1, 0.15) is 0 Å². The van der Waals surface area contributed by atoms with Gasteiger partial charge in [0.2, 0.25) is 11.8 Å². The summed E-state index contributed by atoms with van der Waals surface area (Å²) in [6.45, 7) is 3.99. The van der Waals surface area contributed by atoms with Crippen LogP contribution in [0.3, 0.4) is 0 Å². The van der Waals surface area contributed by atoms with Crippen molar-refractivity contribution in [1.82, 2.24) is 9.80 Å². The maximum Gasteiger partial charge on any atom is 0.225 e. The largest absolute Gasteiger partial charge is 0.340 e. The number of para-hydroxylation sites is 1. The molecule has 0 radical (unpaired) electrons. The van der Waals surface area contributed by atoms with Gasteiger partial charge in [-0.1, -0.05) is 67.8 Å². The van der Waals surface area contributed by atoms with E-state index >= 15 is 0 Å². The van der Waals surface area contributed by atoms with E-state index in [2.05, 4.69) is 22.3 Å². The van der Waals surface area contributed by atoms with Crippen molar-refractivity contribution < 1.29 is 9.59 Å². The van der Waals surface area contributed by atoms with Crippen LogP contribution in [0.2, 0.25) is 0 Å². The fourth-order valence-corrected chi connectivity index (χ4v) is 4.92. The van der Waals surface area contributed by atoms with Crippen LogP contribution in [-0.4, -0.2) is 54.3 Å². The van der Waals surface area contributed by atoms with Crippen LogP contribution >= 0.6 is 0 Å². The first-order valence-corrected chi connectivity index (χ1v) is 12.1. The number of rotatable bonds is 7. The zero-order valence-electron chi connectivity index (χ0n) is 19.0. The fourth-order valence-electron chi connectivity index (χ4n) is 4.92. The molecule has 1 saturated carbocycles. The normalized spacial score (nSPS) is 17.8. The number of benzene rings is 2. The Morgan fingerprint density at radius 3 is 2.28 bits per heavy atom. The predicted molar refractivity (Wildman–Crippen MR) is 129 cm³/mol. The molecule has 2 aromatic rings. The van der Waals surface area contributed by atoms with Crippen molar-refractivity contribution in [2.75, 3.05) is 38.0 Å². The number of anilines is 1. The fraction of sp³-hybridized carbons (Fsp3) is 0.481. The number of amides is 2. The molecule has 4 rings (SSSR count). The van der Waals surface area contributed by atoms with Gasteiger partial charge in [-0.2, -0.15) is 0 Å². The second-order valence-corrected chi connectivity index (χ2v) is 9.14. The highest BCUT2D eigenvalue weighted by Gasteiger charge is 2.24. The topological polar surface area (TPSA) is 52.7 Å². The highest BCUT2D eigenvalue weighted by molar-refractivity contribution is 5.95. The molecule has 0 spiro atoms. The molecule has 0 unspecified atom stereocenters. The summed E-state index contributed by atoms with van der Waals surface area (Å²) in [5, 5.41) is 3.09. The van der Waals surface area contributed by atoms with Gasteiger partial charge in [-0.15, -0.1) is 0 Å². The van der Waals surface area contributed by atoms with E-state index < -0.39 is 0 Å². The molecule has 170 valence electrons. The summed E-state index contributed by atoms with van der Waals surface area (Å²) in [6, 6.07) is 18.1. The Balaban J connectivity index is 1.21. The van der Waals surface area contributed by atoms with E-state index in [1.807, 2.05) is 47.4 Å². The number of carbonyl (C=O) groups excluding carboxylic acids is 2. The van der Waals surface area contributed by atoms with E-state index in [1.54, 1.807) is 0 Å². The van der Waals surface area contributed by atoms with Crippen LogP contribution in [0, 0.1) is 5.92 Å². The minimum absolute atomic E-state index is 0.0317. The number of hydrogen-bond acceptors (Lipinski definition) is 3. The maximum absolute atomic E-state index is 12.6. The van der Waals surface area contributed by atoms with E-state index in [1.165, 1.54) is 32.1 Å². The van der Waals surface area contributed by atoms with Gasteiger partial charge < -0.3 is 10.2 Å². The molecule has 1 aliphatic carbocycles. The summed E-state index contributed by atoms with van der Waals surface area (Å²) in [7, 11) is 0. The van der Waals surface area contributed by atoms with Gasteiger partial charge in [0, 0.05) is 56.8 Å². The Kier molecular flexibility index (Phi) is 7.94. The van der Waals surface area contributed by atoms with Crippen molar-refractivity contribution in [3.05, 3.63) is 54.6 Å². The minimum atomic E-state index is 0.0317. The number of piperazine rings is 1. The number of nitrogens with one attached hydrogen (secondary N) is 1. The lowest BCUT2D eigenvalue weighted by Gasteiger charge is -2.35. The van der Waals surface area contributed by atoms with E-state index in [4.69, 9.17) is 0 Å². The second kappa shape index (κ2) is 11.3. The van der Waals surface area contributed by atoms with Crippen molar-refractivity contribution in [1.29, 1.82) is 0 Å². The number of hydrogen-bond donors (Lipinski definition) is 1. The van der Waals surface area contributed by atoms with Gasteiger partial charge >= 0.3 is 0 Å². The summed E-state index contributed by atoms with van der Waals surface area (Å²) < 4.78 is 0. The smallest absolute Gasteiger partial charge is 0.225 e. The van der Waals surface area contributed by atoms with Gasteiger partial charge in [0.05, 0.1) is 0 Å². The molecule has 2 aromatic carbocycles. The molecule has 0 atom stereocenters. The lowest BCUT2D eigenvalue weighted by atomic mass is 9.86. The van der Waals surface area contributed by atoms with Gasteiger partial charge in [0.15, 0.2) is 0 Å². The van der Waals surface area contributed by atoms with E-state index in [0.717, 1.165) is 56.0 Å². The maximum atomic E-state index is 12.6. The first-order valence-electron chi connectivity index (χ1n) is 12.1. The summed E-state index contributed by atoms with van der Waals surface area (Å²) in [5.74, 6) is 0.952. The average Bonchev–Trinajstić information content (AvgIpc) is 2.84.